The predicted octanol–water partition coefficient (Wildman–Crippen LogP) is 0.372. The summed E-state index contributed by atoms with van der Waals surface area (Å²) in [5.41, 5.74) is 4.52. The largest absolute Gasteiger partial charge is 0.495 e. The molecule has 0 bridgehead atoms. The molecule has 0 heterocycles. The summed E-state index contributed by atoms with van der Waals surface area (Å²) >= 11 is 0. The van der Waals surface area contributed by atoms with E-state index in [0.717, 1.165) is 17.2 Å². The van der Waals surface area contributed by atoms with Crippen molar-refractivity contribution >= 4 is 37.6 Å². The van der Waals surface area contributed by atoms with Crippen molar-refractivity contribution in [2.75, 3.05) is 37.4 Å². The fourth-order valence-electron chi connectivity index (χ4n) is 3.89. The third-order valence-electron chi connectivity index (χ3n) is 6.23. The Morgan fingerprint density at radius 2 is 1.34 bits per heavy atom. The maximum atomic E-state index is 13.3. The minimum atomic E-state index is -4.85. The van der Waals surface area contributed by atoms with E-state index in [1.165, 1.54) is 27.2 Å². The highest BCUT2D eigenvalue weighted by molar-refractivity contribution is 7.91. The van der Waals surface area contributed by atoms with E-state index in [1.807, 2.05) is 13.8 Å². The zero-order valence-corrected chi connectivity index (χ0v) is 25.6. The molecule has 0 atom stereocenters. The molecule has 0 saturated heterocycles. The fourth-order valence-corrected chi connectivity index (χ4v) is 5.65. The number of nitrogens with zero attached hydrogens (tertiary/aromatic N) is 2. The van der Waals surface area contributed by atoms with Gasteiger partial charge in [-0.15, -0.1) is 0 Å². The van der Waals surface area contributed by atoms with Gasteiger partial charge >= 0.3 is 16.4 Å². The molecule has 0 radical (unpaired) electrons. The molecule has 0 saturated carbocycles. The molecule has 236 valence electrons. The maximum Gasteiger partial charge on any atom is 0.397 e. The summed E-state index contributed by atoms with van der Waals surface area (Å²) in [5, 5.41) is 16.1. The Balaban J connectivity index is 2.08. The maximum absolute atomic E-state index is 13.3. The van der Waals surface area contributed by atoms with Crippen LogP contribution in [-0.4, -0.2) is 59.0 Å². The first-order valence-electron chi connectivity index (χ1n) is 12.4. The van der Waals surface area contributed by atoms with Gasteiger partial charge in [0, 0.05) is 12.1 Å². The molecule has 0 aromatic heterocycles. The van der Waals surface area contributed by atoms with Crippen molar-refractivity contribution in [1.29, 1.82) is 0 Å². The van der Waals surface area contributed by atoms with Crippen molar-refractivity contribution in [3.8, 4) is 11.5 Å². The number of carbonyl (C=O) groups is 1. The zero-order chi connectivity index (χ0) is 33.0. The molecule has 3 aromatic rings. The van der Waals surface area contributed by atoms with Crippen LogP contribution < -0.4 is 41.9 Å². The minimum absolute atomic E-state index is 0.0238. The van der Waals surface area contributed by atoms with Crippen LogP contribution in [0.15, 0.2) is 55.0 Å². The molecule has 3 aromatic carbocycles. The lowest BCUT2D eigenvalue weighted by molar-refractivity contribution is 0.0694. The van der Waals surface area contributed by atoms with Gasteiger partial charge in [-0.2, -0.15) is 18.6 Å². The van der Waals surface area contributed by atoms with Gasteiger partial charge in [-0.25, -0.2) is 17.4 Å². The van der Waals surface area contributed by atoms with Gasteiger partial charge in [0.05, 0.1) is 48.4 Å². The second-order valence-electron chi connectivity index (χ2n) is 9.22. The second kappa shape index (κ2) is 13.3. The number of methoxy groups -OCH3 is 2. The number of carboxylic acid groups (broad SMARTS) is 1. The fraction of sp³-hybridized carbons (Fsp3) is 0.269. The summed E-state index contributed by atoms with van der Waals surface area (Å²) < 4.78 is 70.2. The van der Waals surface area contributed by atoms with E-state index >= 15 is 0 Å². The number of benzene rings is 3. The number of nitrogens with one attached hydrogen (secondary N) is 2. The Morgan fingerprint density at radius 1 is 0.818 bits per heavy atom. The van der Waals surface area contributed by atoms with E-state index in [1.54, 1.807) is 12.1 Å². The van der Waals surface area contributed by atoms with Crippen molar-refractivity contribution in [2.24, 2.45) is 10.2 Å². The van der Waals surface area contributed by atoms with Crippen LogP contribution in [0.4, 0.5) is 11.4 Å². The van der Waals surface area contributed by atoms with Crippen molar-refractivity contribution < 1.29 is 44.9 Å². The number of aryl methyl sites for hydroxylation is 3. The van der Waals surface area contributed by atoms with Crippen LogP contribution in [0.1, 0.15) is 27.0 Å². The van der Waals surface area contributed by atoms with Crippen molar-refractivity contribution in [2.45, 2.75) is 25.7 Å². The van der Waals surface area contributed by atoms with Gasteiger partial charge in [0.1, 0.15) is 16.9 Å². The third kappa shape index (κ3) is 7.84. The summed E-state index contributed by atoms with van der Waals surface area (Å²) in [5.74, 6) is -2.10. The molecule has 0 fully saturated rings. The smallest absolute Gasteiger partial charge is 0.397 e. The SMILES string of the molecule is COc1cc(C)c(C)cc1NN=c1c(C(=O)O)cc(=O)c(=NNc2cc(C)c(S(=O)(=O)CCOS(=O)(=O)O)cc2OC)c1=O. The molecule has 0 aliphatic rings. The van der Waals surface area contributed by atoms with Crippen LogP contribution in [0.3, 0.4) is 0 Å². The van der Waals surface area contributed by atoms with Crippen LogP contribution in [0.25, 0.3) is 0 Å². The number of anilines is 2. The quantitative estimate of drug-likeness (QED) is 0.153. The van der Waals surface area contributed by atoms with Gasteiger partial charge in [0.2, 0.25) is 10.9 Å². The predicted molar refractivity (Wildman–Crippen MR) is 156 cm³/mol. The Hall–Kier alpha value is -4.65. The average molecular weight is 653 g/mol. The number of carboxylic acids is 1. The van der Waals surface area contributed by atoms with Crippen LogP contribution >= 0.6 is 0 Å². The first-order chi connectivity index (χ1) is 20.5. The molecule has 16 nitrogen and oxygen atoms in total. The summed E-state index contributed by atoms with van der Waals surface area (Å²) in [6.45, 7) is 4.25. The molecule has 0 amide bonds. The highest BCUT2D eigenvalue weighted by atomic mass is 32.3. The molecule has 3 rings (SSSR count). The van der Waals surface area contributed by atoms with Crippen molar-refractivity contribution in [1.82, 2.24) is 0 Å². The van der Waals surface area contributed by atoms with Gasteiger partial charge in [-0.1, -0.05) is 0 Å². The lowest BCUT2D eigenvalue weighted by atomic mass is 10.1. The molecule has 0 spiro atoms. The van der Waals surface area contributed by atoms with E-state index in [-0.39, 0.29) is 21.9 Å². The van der Waals surface area contributed by atoms with Gasteiger partial charge in [-0.3, -0.25) is 25.0 Å². The molecule has 18 heteroatoms. The highest BCUT2D eigenvalue weighted by Crippen LogP contribution is 2.31. The van der Waals surface area contributed by atoms with Gasteiger partial charge < -0.3 is 14.6 Å². The Bertz CT molecular complexity index is 2070. The zero-order valence-electron chi connectivity index (χ0n) is 24.0. The molecule has 0 aliphatic carbocycles. The van der Waals surface area contributed by atoms with Crippen LogP contribution in [0, 0.1) is 20.8 Å². The molecule has 44 heavy (non-hydrogen) atoms. The second-order valence-corrected chi connectivity index (χ2v) is 12.4. The molecular weight excluding hydrogens is 624 g/mol. The van der Waals surface area contributed by atoms with E-state index in [2.05, 4.69) is 25.2 Å². The number of rotatable bonds is 12. The first kappa shape index (κ1) is 33.8. The van der Waals surface area contributed by atoms with E-state index in [9.17, 15) is 36.3 Å². The van der Waals surface area contributed by atoms with Crippen LogP contribution in [-0.2, 0) is 24.4 Å². The van der Waals surface area contributed by atoms with Gasteiger partial charge in [0.25, 0.3) is 0 Å². The number of ether oxygens (including phenoxy) is 2. The van der Waals surface area contributed by atoms with E-state index < -0.39 is 65.7 Å². The van der Waals surface area contributed by atoms with Gasteiger partial charge in [0.15, 0.2) is 15.2 Å². The third-order valence-corrected chi connectivity index (χ3v) is 8.51. The summed E-state index contributed by atoms with van der Waals surface area (Å²) in [6, 6.07) is 6.46. The number of hydrogen-bond acceptors (Lipinski definition) is 14. The minimum Gasteiger partial charge on any atom is -0.495 e. The van der Waals surface area contributed by atoms with E-state index in [0.29, 0.717) is 17.5 Å². The highest BCUT2D eigenvalue weighted by Gasteiger charge is 2.22. The monoisotopic (exact) mass is 652 g/mol. The Labute approximate surface area is 250 Å². The Morgan fingerprint density at radius 3 is 1.89 bits per heavy atom. The summed E-state index contributed by atoms with van der Waals surface area (Å²) in [4.78, 5) is 37.6. The van der Waals surface area contributed by atoms with Crippen LogP contribution in [0.5, 0.6) is 11.5 Å². The summed E-state index contributed by atoms with van der Waals surface area (Å²) in [7, 11) is -6.35. The number of hydrogen-bond donors (Lipinski definition) is 4. The average Bonchev–Trinajstić information content (AvgIpc) is 2.92. The number of sulfone groups is 1. The lowest BCUT2D eigenvalue weighted by Crippen LogP contribution is -2.50. The Kier molecular flexibility index (Phi) is 10.3. The van der Waals surface area contributed by atoms with Crippen molar-refractivity contribution in [3.63, 3.8) is 0 Å². The standard InChI is InChI=1S/C26H28N4O12S2/c1-13-8-17(20(40-4)10-14(13)2)27-29-23-16(26(33)34)11-19(31)24(25(23)32)30-28-18-9-15(3)22(12-21(18)41-5)43(35,36)7-6-42-44(37,38)39/h8-12,27-28H,6-7H2,1-5H3,(H,33,34)(H,37,38,39). The normalized spacial score (nSPS) is 12.7. The summed E-state index contributed by atoms with van der Waals surface area (Å²) in [6.07, 6.45) is 0. The van der Waals surface area contributed by atoms with Crippen LogP contribution in [0.2, 0.25) is 0 Å². The molecule has 0 aliphatic heterocycles. The number of aromatic carboxylic acids is 1. The first-order valence-corrected chi connectivity index (χ1v) is 15.4. The van der Waals surface area contributed by atoms with Crippen molar-refractivity contribution in [3.05, 3.63) is 83.7 Å². The van der Waals surface area contributed by atoms with Gasteiger partial charge in [-0.05, 0) is 55.7 Å². The molecule has 0 unspecified atom stereocenters. The molecular formula is C26H28N4O12S2. The lowest BCUT2D eigenvalue weighted by Gasteiger charge is -2.13. The van der Waals surface area contributed by atoms with E-state index in [4.69, 9.17) is 14.0 Å². The molecule has 4 N–H and O–H groups in total. The topological polar surface area (TPSA) is 236 Å².